The Balaban J connectivity index is 3.93. The molecule has 0 fully saturated rings. The molecule has 0 saturated carbocycles. The maximum Gasteiger partial charge on any atom is -0.0348 e. The molecule has 0 aliphatic heterocycles. The first-order valence-corrected chi connectivity index (χ1v) is 9.52. The van der Waals surface area contributed by atoms with Crippen LogP contribution in [0.25, 0.3) is 0 Å². The van der Waals surface area contributed by atoms with E-state index in [9.17, 15) is 0 Å². The van der Waals surface area contributed by atoms with Crippen LogP contribution in [0.5, 0.6) is 0 Å². The summed E-state index contributed by atoms with van der Waals surface area (Å²) in [6.45, 7) is 16.5. The van der Waals surface area contributed by atoms with Crippen LogP contribution in [0.1, 0.15) is 99.8 Å². The lowest BCUT2D eigenvalue weighted by Gasteiger charge is -2.24. The van der Waals surface area contributed by atoms with E-state index in [0.717, 1.165) is 23.7 Å². The maximum atomic E-state index is 2.48. The van der Waals surface area contributed by atoms with Gasteiger partial charge in [-0.2, -0.15) is 0 Å². The molecule has 126 valence electrons. The van der Waals surface area contributed by atoms with Crippen LogP contribution in [-0.4, -0.2) is 0 Å². The molecule has 0 rings (SSSR count). The summed E-state index contributed by atoms with van der Waals surface area (Å²) >= 11 is 0. The number of unbranched alkanes of at least 4 members (excludes halogenated alkanes) is 1. The van der Waals surface area contributed by atoms with Crippen molar-refractivity contribution in [2.24, 2.45) is 23.7 Å². The normalized spacial score (nSPS) is 17.1. The Kier molecular flexibility index (Phi) is 12.1. The van der Waals surface area contributed by atoms with E-state index in [1.807, 2.05) is 0 Å². The van der Waals surface area contributed by atoms with E-state index >= 15 is 0 Å². The minimum Gasteiger partial charge on any atom is -0.0859 e. The van der Waals surface area contributed by atoms with Crippen molar-refractivity contribution in [1.82, 2.24) is 0 Å². The molecule has 0 aromatic rings. The Bertz CT molecular complexity index is 259. The molecular weight excluding hydrogens is 252 g/mol. The lowest BCUT2D eigenvalue weighted by atomic mass is 9.82. The highest BCUT2D eigenvalue weighted by Gasteiger charge is 2.16. The largest absolute Gasteiger partial charge is 0.0859 e. The van der Waals surface area contributed by atoms with Crippen molar-refractivity contribution in [3.63, 3.8) is 0 Å². The first-order chi connectivity index (χ1) is 9.88. The van der Waals surface area contributed by atoms with Gasteiger partial charge in [-0.25, -0.2) is 0 Å². The van der Waals surface area contributed by atoms with E-state index in [0.29, 0.717) is 0 Å². The Morgan fingerprint density at radius 1 is 0.810 bits per heavy atom. The lowest BCUT2D eigenvalue weighted by molar-refractivity contribution is 0.278. The van der Waals surface area contributed by atoms with Crippen LogP contribution < -0.4 is 0 Å². The average molecular weight is 295 g/mol. The van der Waals surface area contributed by atoms with Crippen LogP contribution in [0.3, 0.4) is 0 Å². The zero-order valence-electron chi connectivity index (χ0n) is 16.0. The highest BCUT2D eigenvalue weighted by atomic mass is 14.2. The molecule has 0 bridgehead atoms. The zero-order chi connectivity index (χ0) is 16.3. The summed E-state index contributed by atoms with van der Waals surface area (Å²) in [4.78, 5) is 0. The smallest absolute Gasteiger partial charge is 0.0348 e. The Hall–Kier alpha value is -0.260. The fourth-order valence-corrected chi connectivity index (χ4v) is 3.49. The molecule has 0 aromatic carbocycles. The summed E-state index contributed by atoms with van der Waals surface area (Å²) in [5.74, 6) is 3.65. The number of rotatable bonds is 12. The summed E-state index contributed by atoms with van der Waals surface area (Å²) < 4.78 is 0. The molecule has 0 aromatic heterocycles. The second kappa shape index (κ2) is 12.3. The monoisotopic (exact) mass is 294 g/mol. The molecule has 4 unspecified atom stereocenters. The third kappa shape index (κ3) is 12.0. The second-order valence-electron chi connectivity index (χ2n) is 7.92. The lowest BCUT2D eigenvalue weighted by Crippen LogP contribution is -2.12. The highest BCUT2D eigenvalue weighted by Crippen LogP contribution is 2.28. The van der Waals surface area contributed by atoms with E-state index in [2.05, 4.69) is 54.5 Å². The van der Waals surface area contributed by atoms with Gasteiger partial charge < -0.3 is 0 Å². The van der Waals surface area contributed by atoms with Crippen LogP contribution in [-0.2, 0) is 0 Å². The maximum absolute atomic E-state index is 2.48. The fourth-order valence-electron chi connectivity index (χ4n) is 3.49. The van der Waals surface area contributed by atoms with Crippen LogP contribution in [0, 0.1) is 23.7 Å². The van der Waals surface area contributed by atoms with Gasteiger partial charge in [0.15, 0.2) is 0 Å². The Morgan fingerprint density at radius 2 is 1.43 bits per heavy atom. The highest BCUT2D eigenvalue weighted by molar-refractivity contribution is 4.92. The second-order valence-corrected chi connectivity index (χ2v) is 7.92. The van der Waals surface area contributed by atoms with Crippen LogP contribution >= 0.6 is 0 Å². The third-order valence-corrected chi connectivity index (χ3v) is 5.00. The van der Waals surface area contributed by atoms with E-state index in [4.69, 9.17) is 0 Å². The van der Waals surface area contributed by atoms with Gasteiger partial charge in [0.1, 0.15) is 0 Å². The summed E-state index contributed by atoms with van der Waals surface area (Å²) in [7, 11) is 0. The minimum atomic E-state index is 0.895. The molecule has 0 spiro atoms. The van der Waals surface area contributed by atoms with Crippen molar-refractivity contribution in [2.75, 3.05) is 0 Å². The summed E-state index contributed by atoms with van der Waals surface area (Å²) in [6, 6.07) is 0. The van der Waals surface area contributed by atoms with Gasteiger partial charge in [-0.05, 0) is 69.6 Å². The summed E-state index contributed by atoms with van der Waals surface area (Å²) in [6.07, 6.45) is 13.4. The van der Waals surface area contributed by atoms with Gasteiger partial charge in [0.25, 0.3) is 0 Å². The van der Waals surface area contributed by atoms with Crippen molar-refractivity contribution in [3.05, 3.63) is 11.6 Å². The molecule has 0 heterocycles. The summed E-state index contributed by atoms with van der Waals surface area (Å²) in [5.41, 5.74) is 1.46. The molecule has 0 heteroatoms. The Morgan fingerprint density at radius 3 is 1.95 bits per heavy atom. The quantitative estimate of drug-likeness (QED) is 0.256. The first kappa shape index (κ1) is 20.7. The molecule has 0 saturated heterocycles. The van der Waals surface area contributed by atoms with Crippen molar-refractivity contribution in [2.45, 2.75) is 99.8 Å². The molecular formula is C21H42. The van der Waals surface area contributed by atoms with E-state index in [1.165, 1.54) is 56.9 Å². The van der Waals surface area contributed by atoms with Crippen LogP contribution in [0.4, 0.5) is 0 Å². The molecule has 0 amide bonds. The van der Waals surface area contributed by atoms with Crippen molar-refractivity contribution < 1.29 is 0 Å². The SMILES string of the molecule is CCC(C)CC(CC)CC(C)CC(C)CCCC=C(C)C. The van der Waals surface area contributed by atoms with Gasteiger partial charge in [0.05, 0.1) is 0 Å². The predicted octanol–water partition coefficient (Wildman–Crippen LogP) is 7.64. The Labute approximate surface area is 135 Å². The van der Waals surface area contributed by atoms with E-state index < -0.39 is 0 Å². The van der Waals surface area contributed by atoms with Gasteiger partial charge in [-0.15, -0.1) is 0 Å². The van der Waals surface area contributed by atoms with Crippen LogP contribution in [0.15, 0.2) is 11.6 Å². The predicted molar refractivity (Wildman–Crippen MR) is 98.7 cm³/mol. The van der Waals surface area contributed by atoms with Gasteiger partial charge >= 0.3 is 0 Å². The van der Waals surface area contributed by atoms with Gasteiger partial charge in [-0.1, -0.05) is 65.5 Å². The minimum absolute atomic E-state index is 0.895. The van der Waals surface area contributed by atoms with Gasteiger partial charge in [0.2, 0.25) is 0 Å². The molecule has 0 aliphatic carbocycles. The van der Waals surface area contributed by atoms with Crippen molar-refractivity contribution in [3.8, 4) is 0 Å². The molecule has 4 atom stereocenters. The topological polar surface area (TPSA) is 0 Å². The first-order valence-electron chi connectivity index (χ1n) is 9.52. The van der Waals surface area contributed by atoms with Crippen molar-refractivity contribution in [1.29, 1.82) is 0 Å². The molecule has 0 N–H and O–H groups in total. The van der Waals surface area contributed by atoms with Gasteiger partial charge in [0, 0.05) is 0 Å². The molecule has 0 aliphatic rings. The van der Waals surface area contributed by atoms with Gasteiger partial charge in [-0.3, -0.25) is 0 Å². The molecule has 21 heavy (non-hydrogen) atoms. The number of hydrogen-bond donors (Lipinski definition) is 0. The number of allylic oxidation sites excluding steroid dienone is 2. The fraction of sp³-hybridized carbons (Fsp3) is 0.905. The van der Waals surface area contributed by atoms with Crippen molar-refractivity contribution >= 4 is 0 Å². The van der Waals surface area contributed by atoms with E-state index in [1.54, 1.807) is 0 Å². The number of hydrogen-bond acceptors (Lipinski definition) is 0. The van der Waals surface area contributed by atoms with Crippen LogP contribution in [0.2, 0.25) is 0 Å². The standard InChI is InChI=1S/C21H42/c1-8-18(5)15-21(9-2)16-20(7)14-19(6)13-11-10-12-17(3)4/h12,18-21H,8-11,13-16H2,1-7H3. The summed E-state index contributed by atoms with van der Waals surface area (Å²) in [5, 5.41) is 0. The van der Waals surface area contributed by atoms with E-state index in [-0.39, 0.29) is 0 Å². The average Bonchev–Trinajstić information content (AvgIpc) is 2.42. The molecule has 0 nitrogen and oxygen atoms in total. The molecule has 0 radical (unpaired) electrons. The third-order valence-electron chi connectivity index (χ3n) is 5.00. The zero-order valence-corrected chi connectivity index (χ0v) is 16.0.